The fraction of sp³-hybridized carbons (Fsp3) is 0.188. The molecule has 0 saturated heterocycles. The summed E-state index contributed by atoms with van der Waals surface area (Å²) in [4.78, 5) is 11.8. The van der Waals surface area contributed by atoms with Gasteiger partial charge in [0, 0.05) is 12.8 Å². The highest BCUT2D eigenvalue weighted by molar-refractivity contribution is 5.83. The lowest BCUT2D eigenvalue weighted by Gasteiger charge is -2.07. The van der Waals surface area contributed by atoms with Gasteiger partial charge in [0.2, 0.25) is 0 Å². The summed E-state index contributed by atoms with van der Waals surface area (Å²) in [5, 5.41) is 0. The second-order valence-electron chi connectivity index (χ2n) is 4.68. The molecule has 0 fully saturated rings. The zero-order valence-electron chi connectivity index (χ0n) is 11.0. The molecule has 21 heavy (non-hydrogen) atoms. The van der Waals surface area contributed by atoms with Gasteiger partial charge in [0.15, 0.2) is 0 Å². The van der Waals surface area contributed by atoms with E-state index in [4.69, 9.17) is 0 Å². The van der Waals surface area contributed by atoms with Crippen LogP contribution in [0.15, 0.2) is 48.5 Å². The van der Waals surface area contributed by atoms with Crippen LogP contribution in [0.2, 0.25) is 0 Å². The predicted octanol–water partition coefficient (Wildman–Crippen LogP) is 4.20. The Morgan fingerprint density at radius 1 is 0.905 bits per heavy atom. The topological polar surface area (TPSA) is 17.1 Å². The molecule has 5 heteroatoms. The summed E-state index contributed by atoms with van der Waals surface area (Å²) >= 11 is 0. The lowest BCUT2D eigenvalue weighted by Crippen LogP contribution is -2.09. The third-order valence-electron chi connectivity index (χ3n) is 3.03. The molecule has 0 bridgehead atoms. The van der Waals surface area contributed by atoms with E-state index < -0.39 is 17.6 Å². The summed E-state index contributed by atoms with van der Waals surface area (Å²) in [6.45, 7) is 0. The third kappa shape index (κ3) is 4.15. The molecule has 0 spiro atoms. The minimum absolute atomic E-state index is 0.0214. The van der Waals surface area contributed by atoms with E-state index >= 15 is 0 Å². The second-order valence-corrected chi connectivity index (χ2v) is 4.68. The monoisotopic (exact) mass is 296 g/mol. The van der Waals surface area contributed by atoms with E-state index in [0.29, 0.717) is 5.56 Å². The Morgan fingerprint density at radius 3 is 2.10 bits per heavy atom. The molecule has 110 valence electrons. The van der Waals surface area contributed by atoms with Crippen molar-refractivity contribution < 1.29 is 22.4 Å². The third-order valence-corrected chi connectivity index (χ3v) is 3.03. The molecule has 0 N–H and O–H groups in total. The van der Waals surface area contributed by atoms with Crippen molar-refractivity contribution in [3.63, 3.8) is 0 Å². The number of alkyl halides is 3. The molecule has 0 heterocycles. The van der Waals surface area contributed by atoms with Crippen LogP contribution >= 0.6 is 0 Å². The number of halogens is 4. The number of carbonyl (C=O) groups excluding carboxylic acids is 1. The Hall–Kier alpha value is -2.17. The Labute approximate surface area is 119 Å². The summed E-state index contributed by atoms with van der Waals surface area (Å²) < 4.78 is 50.6. The number of rotatable bonds is 4. The van der Waals surface area contributed by atoms with Crippen LogP contribution in [0.1, 0.15) is 16.7 Å². The van der Waals surface area contributed by atoms with Gasteiger partial charge in [0.25, 0.3) is 0 Å². The molecular formula is C16H12F4O. The maximum atomic E-state index is 13.4. The minimum atomic E-state index is -4.39. The highest BCUT2D eigenvalue weighted by Crippen LogP contribution is 2.29. The van der Waals surface area contributed by atoms with E-state index in [1.807, 2.05) is 0 Å². The van der Waals surface area contributed by atoms with Crippen LogP contribution < -0.4 is 0 Å². The molecule has 0 saturated carbocycles. The summed E-state index contributed by atoms with van der Waals surface area (Å²) in [5.74, 6) is -0.710. The van der Waals surface area contributed by atoms with Crippen molar-refractivity contribution >= 4 is 5.78 Å². The molecule has 0 aliphatic rings. The normalized spacial score (nSPS) is 11.4. The summed E-state index contributed by atoms with van der Waals surface area (Å²) in [6.07, 6.45) is -4.49. The van der Waals surface area contributed by atoms with Gasteiger partial charge in [-0.05, 0) is 29.3 Å². The van der Waals surface area contributed by atoms with Crippen molar-refractivity contribution in [2.24, 2.45) is 0 Å². The molecular weight excluding hydrogens is 284 g/mol. The number of Topliss-reactive ketones (excluding diaryl/α,β-unsaturated/α-hetero) is 1. The molecule has 0 aliphatic carbocycles. The predicted molar refractivity (Wildman–Crippen MR) is 70.3 cm³/mol. The highest BCUT2D eigenvalue weighted by atomic mass is 19.4. The van der Waals surface area contributed by atoms with Crippen molar-refractivity contribution in [2.45, 2.75) is 19.0 Å². The number of benzene rings is 2. The quantitative estimate of drug-likeness (QED) is 0.773. The zero-order chi connectivity index (χ0) is 15.5. The van der Waals surface area contributed by atoms with Crippen LogP contribution in [0.5, 0.6) is 0 Å². The zero-order valence-corrected chi connectivity index (χ0v) is 11.0. The lowest BCUT2D eigenvalue weighted by atomic mass is 10.0. The minimum Gasteiger partial charge on any atom is -0.299 e. The Bertz CT molecular complexity index is 629. The standard InChI is InChI=1S/C16H12F4O/c17-15-4-2-1-3-12(15)10-14(21)9-11-5-7-13(8-6-11)16(18,19)20/h1-8H,9-10H2. The smallest absolute Gasteiger partial charge is 0.299 e. The van der Waals surface area contributed by atoms with Gasteiger partial charge in [-0.3, -0.25) is 4.79 Å². The van der Waals surface area contributed by atoms with E-state index in [1.165, 1.54) is 30.3 Å². The molecule has 0 amide bonds. The second kappa shape index (κ2) is 6.08. The molecule has 0 aliphatic heterocycles. The first-order chi connectivity index (χ1) is 9.86. The van der Waals surface area contributed by atoms with E-state index in [-0.39, 0.29) is 24.2 Å². The Kier molecular flexibility index (Phi) is 4.40. The van der Waals surface area contributed by atoms with Crippen LogP contribution in [0.4, 0.5) is 17.6 Å². The van der Waals surface area contributed by atoms with Crippen LogP contribution in [0, 0.1) is 5.82 Å². The molecule has 2 aromatic carbocycles. The maximum absolute atomic E-state index is 13.4. The van der Waals surface area contributed by atoms with Gasteiger partial charge in [-0.25, -0.2) is 4.39 Å². The van der Waals surface area contributed by atoms with Crippen LogP contribution in [0.25, 0.3) is 0 Å². The first-order valence-corrected chi connectivity index (χ1v) is 6.27. The van der Waals surface area contributed by atoms with E-state index in [9.17, 15) is 22.4 Å². The molecule has 2 rings (SSSR count). The summed E-state index contributed by atoms with van der Waals surface area (Å²) in [6, 6.07) is 10.3. The highest BCUT2D eigenvalue weighted by Gasteiger charge is 2.29. The molecule has 0 unspecified atom stereocenters. The molecule has 0 radical (unpaired) electrons. The Morgan fingerprint density at radius 2 is 1.52 bits per heavy atom. The van der Waals surface area contributed by atoms with Gasteiger partial charge in [-0.1, -0.05) is 30.3 Å². The molecule has 1 nitrogen and oxygen atoms in total. The first kappa shape index (κ1) is 15.2. The van der Waals surface area contributed by atoms with Crippen LogP contribution in [0.3, 0.4) is 0 Å². The van der Waals surface area contributed by atoms with Gasteiger partial charge in [-0.15, -0.1) is 0 Å². The number of hydrogen-bond acceptors (Lipinski definition) is 1. The van der Waals surface area contributed by atoms with Gasteiger partial charge in [0.05, 0.1) is 5.56 Å². The van der Waals surface area contributed by atoms with Crippen molar-refractivity contribution in [3.8, 4) is 0 Å². The average Bonchev–Trinajstić information content (AvgIpc) is 2.41. The van der Waals surface area contributed by atoms with Gasteiger partial charge < -0.3 is 0 Å². The van der Waals surface area contributed by atoms with Gasteiger partial charge in [0.1, 0.15) is 11.6 Å². The van der Waals surface area contributed by atoms with Crippen LogP contribution in [-0.4, -0.2) is 5.78 Å². The largest absolute Gasteiger partial charge is 0.416 e. The molecule has 0 aromatic heterocycles. The van der Waals surface area contributed by atoms with Crippen molar-refractivity contribution in [1.82, 2.24) is 0 Å². The molecule has 0 atom stereocenters. The van der Waals surface area contributed by atoms with Gasteiger partial charge >= 0.3 is 6.18 Å². The number of ketones is 1. The number of carbonyl (C=O) groups is 1. The van der Waals surface area contributed by atoms with E-state index in [2.05, 4.69) is 0 Å². The fourth-order valence-electron chi connectivity index (χ4n) is 1.96. The fourth-order valence-corrected chi connectivity index (χ4v) is 1.96. The van der Waals surface area contributed by atoms with E-state index in [0.717, 1.165) is 12.1 Å². The van der Waals surface area contributed by atoms with Crippen molar-refractivity contribution in [2.75, 3.05) is 0 Å². The van der Waals surface area contributed by atoms with E-state index in [1.54, 1.807) is 6.07 Å². The Balaban J connectivity index is 2.02. The number of hydrogen-bond donors (Lipinski definition) is 0. The SMILES string of the molecule is O=C(Cc1ccc(C(F)(F)F)cc1)Cc1ccccc1F. The van der Waals surface area contributed by atoms with Crippen LogP contribution in [-0.2, 0) is 23.8 Å². The van der Waals surface area contributed by atoms with Crippen molar-refractivity contribution in [3.05, 3.63) is 71.0 Å². The maximum Gasteiger partial charge on any atom is 0.416 e. The summed E-state index contributed by atoms with van der Waals surface area (Å²) in [5.41, 5.74) is 0.00607. The van der Waals surface area contributed by atoms with Crippen molar-refractivity contribution in [1.29, 1.82) is 0 Å². The first-order valence-electron chi connectivity index (χ1n) is 6.27. The lowest BCUT2D eigenvalue weighted by molar-refractivity contribution is -0.137. The average molecular weight is 296 g/mol. The van der Waals surface area contributed by atoms with Gasteiger partial charge in [-0.2, -0.15) is 13.2 Å². The molecule has 2 aromatic rings. The summed E-state index contributed by atoms with van der Waals surface area (Å²) in [7, 11) is 0.